The normalized spacial score (nSPS) is 11.3. The molecule has 12 heteroatoms. The highest BCUT2D eigenvalue weighted by Crippen LogP contribution is 2.17. The number of benzene rings is 4. The maximum absolute atomic E-state index is 12.5. The van der Waals surface area contributed by atoms with Crippen LogP contribution in [0, 0.1) is 22.7 Å². The van der Waals surface area contributed by atoms with E-state index in [-0.39, 0.29) is 34.0 Å². The van der Waals surface area contributed by atoms with Crippen molar-refractivity contribution in [3.05, 3.63) is 119 Å². The zero-order valence-corrected chi connectivity index (χ0v) is 26.7. The van der Waals surface area contributed by atoms with Gasteiger partial charge in [-0.05, 0) is 97.5 Å². The smallest absolute Gasteiger partial charge is 0.240 e. The Morgan fingerprint density at radius 3 is 1.30 bits per heavy atom. The van der Waals surface area contributed by atoms with Gasteiger partial charge in [-0.25, -0.2) is 26.3 Å². The molecule has 4 aromatic carbocycles. The summed E-state index contributed by atoms with van der Waals surface area (Å²) in [6.07, 6.45) is 3.72. The molecule has 0 radical (unpaired) electrons. The van der Waals surface area contributed by atoms with Crippen LogP contribution in [0.4, 0.5) is 0 Å². The average Bonchev–Trinajstić information content (AvgIpc) is 3.08. The molecule has 46 heavy (non-hydrogen) atoms. The summed E-state index contributed by atoms with van der Waals surface area (Å²) >= 11 is 0. The molecule has 4 rings (SSSR count). The van der Waals surface area contributed by atoms with E-state index in [4.69, 9.17) is 20.0 Å². The first kappa shape index (κ1) is 34.2. The van der Waals surface area contributed by atoms with Gasteiger partial charge in [0.2, 0.25) is 20.0 Å². The number of hydrogen-bond donors (Lipinski definition) is 2. The van der Waals surface area contributed by atoms with Crippen molar-refractivity contribution in [2.45, 2.75) is 48.6 Å². The molecular weight excluding hydrogens is 625 g/mol. The van der Waals surface area contributed by atoms with Crippen LogP contribution in [0.3, 0.4) is 0 Å². The van der Waals surface area contributed by atoms with Crippen LogP contribution in [-0.2, 0) is 33.1 Å². The van der Waals surface area contributed by atoms with Crippen LogP contribution in [0.15, 0.2) is 107 Å². The molecule has 0 fully saturated rings. The van der Waals surface area contributed by atoms with Crippen LogP contribution >= 0.6 is 0 Å². The third kappa shape index (κ3) is 10.4. The van der Waals surface area contributed by atoms with Gasteiger partial charge in [-0.1, -0.05) is 36.4 Å². The van der Waals surface area contributed by atoms with Gasteiger partial charge in [0.1, 0.15) is 11.5 Å². The first-order valence-electron chi connectivity index (χ1n) is 14.6. The lowest BCUT2D eigenvalue weighted by Crippen LogP contribution is -2.23. The molecule has 0 aliphatic rings. The Labute approximate surface area is 270 Å². The third-order valence-electron chi connectivity index (χ3n) is 6.90. The van der Waals surface area contributed by atoms with Gasteiger partial charge in [0.25, 0.3) is 0 Å². The summed E-state index contributed by atoms with van der Waals surface area (Å²) in [5.41, 5.74) is 2.13. The number of nitrogens with zero attached hydrogens (tertiary/aromatic N) is 2. The third-order valence-corrected chi connectivity index (χ3v) is 9.70. The van der Waals surface area contributed by atoms with Crippen LogP contribution in [0.1, 0.15) is 47.9 Å². The molecule has 10 nitrogen and oxygen atoms in total. The second-order valence-corrected chi connectivity index (χ2v) is 13.9. The predicted molar refractivity (Wildman–Crippen MR) is 173 cm³/mol. The number of unbranched alkanes of at least 4 members (excludes halogenated alkanes) is 3. The van der Waals surface area contributed by atoms with Crippen molar-refractivity contribution in [1.29, 1.82) is 10.5 Å². The van der Waals surface area contributed by atoms with Crippen LogP contribution in [-0.4, -0.2) is 30.0 Å². The van der Waals surface area contributed by atoms with E-state index in [0.717, 1.165) is 36.8 Å². The second-order valence-electron chi connectivity index (χ2n) is 10.3. The minimum atomic E-state index is -3.73. The zero-order valence-electron chi connectivity index (χ0n) is 25.1. The average molecular weight is 659 g/mol. The van der Waals surface area contributed by atoms with Crippen molar-refractivity contribution in [1.82, 2.24) is 9.44 Å². The van der Waals surface area contributed by atoms with Crippen LogP contribution in [0.25, 0.3) is 0 Å². The molecule has 0 aliphatic carbocycles. The molecule has 0 saturated carbocycles. The van der Waals surface area contributed by atoms with Gasteiger partial charge < -0.3 is 9.47 Å². The maximum Gasteiger partial charge on any atom is 0.240 e. The lowest BCUT2D eigenvalue weighted by molar-refractivity contribution is 0.287. The summed E-state index contributed by atoms with van der Waals surface area (Å²) < 4.78 is 66.8. The molecule has 0 aromatic heterocycles. The molecule has 0 saturated heterocycles. The largest absolute Gasteiger partial charge is 0.494 e. The summed E-state index contributed by atoms with van der Waals surface area (Å²) in [5, 5.41) is 18.0. The van der Waals surface area contributed by atoms with Crippen molar-refractivity contribution >= 4 is 20.0 Å². The summed E-state index contributed by atoms with van der Waals surface area (Å²) in [5.74, 6) is 1.42. The summed E-state index contributed by atoms with van der Waals surface area (Å²) in [6, 6.07) is 30.1. The lowest BCUT2D eigenvalue weighted by atomic mass is 10.2. The Morgan fingerprint density at radius 2 is 0.935 bits per heavy atom. The van der Waals surface area contributed by atoms with E-state index in [1.165, 1.54) is 36.4 Å². The standard InChI is InChI=1S/C34H34N4O6S2/c35-23-29-7-5-9-33(21-29)45(39,40)37-25-27-11-15-31(16-12-27)43-19-3-1-2-4-20-44-32-17-13-28(14-18-32)26-38-46(41,42)34-10-6-8-30(22-34)24-36/h5-18,21-22,37-38H,1-4,19-20,25-26H2. The van der Waals surface area contributed by atoms with Crippen molar-refractivity contribution in [2.75, 3.05) is 13.2 Å². The Bertz CT molecular complexity index is 1760. The highest BCUT2D eigenvalue weighted by atomic mass is 32.2. The Morgan fingerprint density at radius 1 is 0.543 bits per heavy atom. The van der Waals surface area contributed by atoms with Gasteiger partial charge in [0.05, 0.1) is 46.3 Å². The molecule has 0 spiro atoms. The van der Waals surface area contributed by atoms with Gasteiger partial charge in [-0.3, -0.25) is 0 Å². The fraction of sp³-hybridized carbons (Fsp3) is 0.235. The lowest BCUT2D eigenvalue weighted by Gasteiger charge is -2.10. The topological polar surface area (TPSA) is 158 Å². The fourth-order valence-corrected chi connectivity index (χ4v) is 6.46. The Kier molecular flexibility index (Phi) is 12.3. The molecular formula is C34H34N4O6S2. The Balaban J connectivity index is 1.07. The van der Waals surface area contributed by atoms with Crippen molar-refractivity contribution in [3.63, 3.8) is 0 Å². The zero-order chi connectivity index (χ0) is 32.8. The predicted octanol–water partition coefficient (Wildman–Crippen LogP) is 5.41. The molecule has 0 atom stereocenters. The van der Waals surface area contributed by atoms with Crippen molar-refractivity contribution in [3.8, 4) is 23.6 Å². The molecule has 2 N–H and O–H groups in total. The summed E-state index contributed by atoms with van der Waals surface area (Å²) in [4.78, 5) is 0.101. The first-order valence-corrected chi connectivity index (χ1v) is 17.6. The summed E-state index contributed by atoms with van der Waals surface area (Å²) in [6.45, 7) is 1.37. The van der Waals surface area contributed by atoms with Crippen molar-refractivity contribution < 1.29 is 26.3 Å². The van der Waals surface area contributed by atoms with Crippen LogP contribution < -0.4 is 18.9 Å². The number of hydrogen-bond acceptors (Lipinski definition) is 8. The molecule has 0 bridgehead atoms. The minimum Gasteiger partial charge on any atom is -0.494 e. The van der Waals surface area contributed by atoms with E-state index in [1.54, 1.807) is 12.1 Å². The Hall–Kier alpha value is -4.72. The van der Waals surface area contributed by atoms with E-state index >= 15 is 0 Å². The van der Waals surface area contributed by atoms with E-state index in [0.29, 0.717) is 24.7 Å². The van der Waals surface area contributed by atoms with Gasteiger partial charge in [0, 0.05) is 13.1 Å². The highest BCUT2D eigenvalue weighted by Gasteiger charge is 2.15. The molecule has 0 unspecified atom stereocenters. The highest BCUT2D eigenvalue weighted by molar-refractivity contribution is 7.89. The molecule has 0 amide bonds. The monoisotopic (exact) mass is 658 g/mol. The van der Waals surface area contributed by atoms with E-state index in [2.05, 4.69) is 9.44 Å². The van der Waals surface area contributed by atoms with Gasteiger partial charge in [-0.15, -0.1) is 0 Å². The SMILES string of the molecule is N#Cc1cccc(S(=O)(=O)NCc2ccc(OCCCCCCOc3ccc(CNS(=O)(=O)c4cccc(C#N)c4)cc3)cc2)c1. The molecule has 238 valence electrons. The van der Waals surface area contributed by atoms with E-state index in [1.807, 2.05) is 60.7 Å². The van der Waals surface area contributed by atoms with Gasteiger partial charge in [-0.2, -0.15) is 10.5 Å². The van der Waals surface area contributed by atoms with E-state index in [9.17, 15) is 16.8 Å². The van der Waals surface area contributed by atoms with Crippen molar-refractivity contribution in [2.24, 2.45) is 0 Å². The number of nitrogens with one attached hydrogen (secondary N) is 2. The van der Waals surface area contributed by atoms with E-state index < -0.39 is 20.0 Å². The number of sulfonamides is 2. The maximum atomic E-state index is 12.5. The molecule has 0 aliphatic heterocycles. The quantitative estimate of drug-likeness (QED) is 0.143. The van der Waals surface area contributed by atoms with Gasteiger partial charge in [0.15, 0.2) is 0 Å². The molecule has 0 heterocycles. The number of ether oxygens (including phenoxy) is 2. The molecule has 4 aromatic rings. The minimum absolute atomic E-state index is 0.0507. The number of rotatable bonds is 17. The fourth-order valence-electron chi connectivity index (χ4n) is 4.33. The second kappa shape index (κ2) is 16.5. The summed E-state index contributed by atoms with van der Waals surface area (Å²) in [7, 11) is -7.46. The first-order chi connectivity index (χ1) is 22.2. The van der Waals surface area contributed by atoms with Crippen LogP contribution in [0.5, 0.6) is 11.5 Å². The van der Waals surface area contributed by atoms with Crippen LogP contribution in [0.2, 0.25) is 0 Å². The number of nitriles is 2. The van der Waals surface area contributed by atoms with Gasteiger partial charge >= 0.3 is 0 Å².